The summed E-state index contributed by atoms with van der Waals surface area (Å²) in [4.78, 5) is 11.8. The molecule has 1 N–H and O–H groups in total. The summed E-state index contributed by atoms with van der Waals surface area (Å²) in [6, 6.07) is 8.47. The van der Waals surface area contributed by atoms with Crippen LogP contribution in [0.15, 0.2) is 41.3 Å². The molecule has 1 fully saturated rings. The van der Waals surface area contributed by atoms with E-state index in [4.69, 9.17) is 16.3 Å². The number of nitrogens with zero attached hydrogens (tertiary/aromatic N) is 1. The molecule has 1 saturated heterocycles. The van der Waals surface area contributed by atoms with Crippen LogP contribution in [-0.2, 0) is 24.8 Å². The van der Waals surface area contributed by atoms with Crippen molar-refractivity contribution < 1.29 is 26.4 Å². The van der Waals surface area contributed by atoms with E-state index < -0.39 is 26.0 Å². The first kappa shape index (κ1) is 21.4. The summed E-state index contributed by atoms with van der Waals surface area (Å²) in [5.74, 6) is -0.900. The summed E-state index contributed by atoms with van der Waals surface area (Å²) in [7, 11) is -8.00. The van der Waals surface area contributed by atoms with Crippen LogP contribution in [0.4, 0.5) is 11.4 Å². The number of anilines is 2. The van der Waals surface area contributed by atoms with Gasteiger partial charge in [0.1, 0.15) is 10.6 Å². The highest BCUT2D eigenvalue weighted by atomic mass is 35.5. The van der Waals surface area contributed by atoms with Crippen molar-refractivity contribution in [3.05, 3.63) is 47.0 Å². The van der Waals surface area contributed by atoms with Gasteiger partial charge in [0.2, 0.25) is 15.9 Å². The van der Waals surface area contributed by atoms with Gasteiger partial charge in [-0.1, -0.05) is 17.7 Å². The molecule has 8 nitrogen and oxygen atoms in total. The second-order valence-electron chi connectivity index (χ2n) is 6.36. The van der Waals surface area contributed by atoms with Gasteiger partial charge in [-0.3, -0.25) is 9.52 Å². The first-order chi connectivity index (χ1) is 13.5. The largest absolute Gasteiger partial charge is 0.492 e. The van der Waals surface area contributed by atoms with Crippen molar-refractivity contribution >= 4 is 48.9 Å². The number of nitrogens with one attached hydrogen (secondary N) is 1. The maximum absolute atomic E-state index is 13.0. The molecule has 0 aromatic heterocycles. The molecule has 0 radical (unpaired) electrons. The van der Waals surface area contributed by atoms with Gasteiger partial charge in [0.15, 0.2) is 0 Å². The third-order valence-electron chi connectivity index (χ3n) is 4.25. The lowest BCUT2D eigenvalue weighted by Crippen LogP contribution is -2.29. The second kappa shape index (κ2) is 7.85. The molecular weight excluding hydrogens is 440 g/mol. The third kappa shape index (κ3) is 4.34. The lowest BCUT2D eigenvalue weighted by atomic mass is 10.2. The van der Waals surface area contributed by atoms with Crippen molar-refractivity contribution in [2.24, 2.45) is 0 Å². The molecule has 3 rings (SSSR count). The zero-order valence-corrected chi connectivity index (χ0v) is 18.1. The van der Waals surface area contributed by atoms with Gasteiger partial charge in [0.05, 0.1) is 23.7 Å². The van der Waals surface area contributed by atoms with E-state index in [1.807, 2.05) is 0 Å². The van der Waals surface area contributed by atoms with Crippen molar-refractivity contribution in [1.82, 2.24) is 0 Å². The van der Waals surface area contributed by atoms with E-state index in [1.54, 1.807) is 26.0 Å². The summed E-state index contributed by atoms with van der Waals surface area (Å²) in [6.07, 6.45) is -0.155. The van der Waals surface area contributed by atoms with Crippen molar-refractivity contribution in [1.29, 1.82) is 0 Å². The molecule has 2 aromatic carbocycles. The van der Waals surface area contributed by atoms with Crippen LogP contribution in [0.2, 0.25) is 5.02 Å². The minimum absolute atomic E-state index is 0.0333. The van der Waals surface area contributed by atoms with Gasteiger partial charge < -0.3 is 4.74 Å². The molecule has 2 aromatic rings. The Morgan fingerprint density at radius 2 is 1.93 bits per heavy atom. The van der Waals surface area contributed by atoms with E-state index in [0.29, 0.717) is 9.33 Å². The number of amides is 1. The van der Waals surface area contributed by atoms with Gasteiger partial charge in [-0.25, -0.2) is 21.1 Å². The Kier molecular flexibility index (Phi) is 5.79. The molecule has 11 heteroatoms. The van der Waals surface area contributed by atoms with E-state index in [9.17, 15) is 21.6 Å². The van der Waals surface area contributed by atoms with Gasteiger partial charge in [0.25, 0.3) is 10.0 Å². The van der Waals surface area contributed by atoms with Crippen molar-refractivity contribution in [3.63, 3.8) is 0 Å². The van der Waals surface area contributed by atoms with Crippen LogP contribution in [0.3, 0.4) is 0 Å². The lowest BCUT2D eigenvalue weighted by molar-refractivity contribution is -0.116. The monoisotopic (exact) mass is 458 g/mol. The number of hydrogen-bond donors (Lipinski definition) is 1. The number of rotatable bonds is 6. The number of hydrogen-bond acceptors (Lipinski definition) is 6. The molecule has 156 valence electrons. The standard InChI is InChI=1S/C18H19ClN2O6S2/c1-3-27-16-7-6-14(21-18(22)8-9-28(21,23)24)11-17(16)29(25,26)20-13-5-4-12(2)15(19)10-13/h4-7,10-11,20H,3,8-9H2,1-2H3. The van der Waals surface area contributed by atoms with Crippen LogP contribution in [0.1, 0.15) is 18.9 Å². The fraction of sp³-hybridized carbons (Fsp3) is 0.278. The highest BCUT2D eigenvalue weighted by Crippen LogP contribution is 2.34. The molecule has 0 saturated carbocycles. The highest BCUT2D eigenvalue weighted by molar-refractivity contribution is 7.94. The highest BCUT2D eigenvalue weighted by Gasteiger charge is 2.37. The molecule has 0 spiro atoms. The van der Waals surface area contributed by atoms with Gasteiger partial charge in [-0.15, -0.1) is 0 Å². The number of sulfonamides is 2. The Labute approximate surface area is 174 Å². The van der Waals surface area contributed by atoms with Gasteiger partial charge in [-0.05, 0) is 49.7 Å². The molecule has 1 amide bonds. The fourth-order valence-corrected chi connectivity index (χ4v) is 5.69. The zero-order valence-electron chi connectivity index (χ0n) is 15.7. The van der Waals surface area contributed by atoms with E-state index >= 15 is 0 Å². The molecule has 29 heavy (non-hydrogen) atoms. The maximum atomic E-state index is 13.0. The number of ether oxygens (including phenoxy) is 1. The smallest absolute Gasteiger partial charge is 0.265 e. The first-order valence-corrected chi connectivity index (χ1v) is 12.1. The summed E-state index contributed by atoms with van der Waals surface area (Å²) >= 11 is 6.06. The van der Waals surface area contributed by atoms with Crippen molar-refractivity contribution in [2.75, 3.05) is 21.4 Å². The molecule has 0 atom stereocenters. The molecule has 1 heterocycles. The summed E-state index contributed by atoms with van der Waals surface area (Å²) in [5.41, 5.74) is 0.959. The van der Waals surface area contributed by atoms with Crippen LogP contribution < -0.4 is 13.8 Å². The predicted molar refractivity (Wildman–Crippen MR) is 110 cm³/mol. The molecule has 0 bridgehead atoms. The molecule has 1 aliphatic rings. The summed E-state index contributed by atoms with van der Waals surface area (Å²) in [5, 5.41) is 0.387. The topological polar surface area (TPSA) is 110 Å². The summed E-state index contributed by atoms with van der Waals surface area (Å²) < 4.78 is 58.9. The Balaban J connectivity index is 2.08. The molecular formula is C18H19ClN2O6S2. The third-order valence-corrected chi connectivity index (χ3v) is 7.75. The van der Waals surface area contributed by atoms with Crippen LogP contribution in [-0.4, -0.2) is 35.1 Å². The SMILES string of the molecule is CCOc1ccc(N2C(=O)CCS2(=O)=O)cc1S(=O)(=O)Nc1ccc(C)c(Cl)c1. The summed E-state index contributed by atoms with van der Waals surface area (Å²) in [6.45, 7) is 3.66. The number of aryl methyl sites for hydroxylation is 1. The average Bonchev–Trinajstić information content (AvgIpc) is 2.91. The average molecular weight is 459 g/mol. The Bertz CT molecular complexity index is 1180. The number of carbonyl (C=O) groups is 1. The fourth-order valence-electron chi connectivity index (χ4n) is 2.84. The van der Waals surface area contributed by atoms with Gasteiger partial charge in [-0.2, -0.15) is 0 Å². The van der Waals surface area contributed by atoms with Crippen LogP contribution >= 0.6 is 11.6 Å². The molecule has 0 unspecified atom stereocenters. The predicted octanol–water partition coefficient (Wildman–Crippen LogP) is 2.91. The Hall–Kier alpha value is -2.30. The maximum Gasteiger partial charge on any atom is 0.265 e. The molecule has 0 aliphatic carbocycles. The van der Waals surface area contributed by atoms with Crippen molar-refractivity contribution in [2.45, 2.75) is 25.2 Å². The van der Waals surface area contributed by atoms with E-state index in [0.717, 1.165) is 11.6 Å². The van der Waals surface area contributed by atoms with E-state index in [2.05, 4.69) is 4.72 Å². The zero-order chi connectivity index (χ0) is 21.4. The second-order valence-corrected chi connectivity index (χ2v) is 10.4. The number of halogens is 1. The van der Waals surface area contributed by atoms with E-state index in [-0.39, 0.29) is 40.8 Å². The van der Waals surface area contributed by atoms with Gasteiger partial charge in [0, 0.05) is 11.4 Å². The minimum atomic E-state index is -4.17. The molecule has 1 aliphatic heterocycles. The number of carbonyl (C=O) groups excluding carboxylic acids is 1. The first-order valence-electron chi connectivity index (χ1n) is 8.67. The normalized spacial score (nSPS) is 16.1. The van der Waals surface area contributed by atoms with Crippen LogP contribution in [0.5, 0.6) is 5.75 Å². The minimum Gasteiger partial charge on any atom is -0.492 e. The number of benzene rings is 2. The van der Waals surface area contributed by atoms with Crippen LogP contribution in [0.25, 0.3) is 0 Å². The van der Waals surface area contributed by atoms with Crippen LogP contribution in [0, 0.1) is 6.92 Å². The lowest BCUT2D eigenvalue weighted by Gasteiger charge is -2.18. The van der Waals surface area contributed by atoms with Gasteiger partial charge >= 0.3 is 0 Å². The quantitative estimate of drug-likeness (QED) is 0.712. The Morgan fingerprint density at radius 1 is 1.21 bits per heavy atom. The Morgan fingerprint density at radius 3 is 2.52 bits per heavy atom. The van der Waals surface area contributed by atoms with E-state index in [1.165, 1.54) is 18.2 Å². The van der Waals surface area contributed by atoms with Crippen molar-refractivity contribution in [3.8, 4) is 5.75 Å².